The molecule has 128 valence electrons. The summed E-state index contributed by atoms with van der Waals surface area (Å²) in [5, 5.41) is 5.16. The fraction of sp³-hybridized carbons (Fsp3) is 0.227. The fourth-order valence-electron chi connectivity index (χ4n) is 2.85. The second-order valence-electron chi connectivity index (χ2n) is 6.25. The predicted octanol–water partition coefficient (Wildman–Crippen LogP) is 5.37. The number of ether oxygens (including phenoxy) is 1. The Balaban J connectivity index is 1.65. The number of amides is 1. The number of nitrogens with one attached hydrogen (secondary N) is 1. The zero-order chi connectivity index (χ0) is 17.6. The molecule has 1 atom stereocenters. The standard InChI is InChI=1S/C22H23NO2/c1-3-16(2)20-10-6-7-11-21(20)25-15-22(24)23-19-13-12-17-8-4-5-9-18(17)14-19/h4-14,16H,3,15H2,1-2H3,(H,23,24). The summed E-state index contributed by atoms with van der Waals surface area (Å²) in [5.74, 6) is 1.03. The van der Waals surface area contributed by atoms with E-state index in [2.05, 4.69) is 31.3 Å². The van der Waals surface area contributed by atoms with Gasteiger partial charge in [0.05, 0.1) is 0 Å². The second-order valence-corrected chi connectivity index (χ2v) is 6.25. The molecule has 0 saturated heterocycles. The molecular weight excluding hydrogens is 310 g/mol. The van der Waals surface area contributed by atoms with E-state index in [9.17, 15) is 4.79 Å². The third kappa shape index (κ3) is 4.18. The Bertz CT molecular complexity index is 873. The number of anilines is 1. The van der Waals surface area contributed by atoms with E-state index >= 15 is 0 Å². The first kappa shape index (κ1) is 17.0. The third-order valence-corrected chi connectivity index (χ3v) is 4.45. The Morgan fingerprint density at radius 1 is 1.00 bits per heavy atom. The summed E-state index contributed by atoms with van der Waals surface area (Å²) in [7, 11) is 0. The summed E-state index contributed by atoms with van der Waals surface area (Å²) in [5.41, 5.74) is 1.92. The van der Waals surface area contributed by atoms with Crippen molar-refractivity contribution < 1.29 is 9.53 Å². The Labute approximate surface area is 148 Å². The number of rotatable bonds is 6. The van der Waals surface area contributed by atoms with Crippen molar-refractivity contribution in [1.82, 2.24) is 0 Å². The van der Waals surface area contributed by atoms with E-state index in [4.69, 9.17) is 4.74 Å². The Morgan fingerprint density at radius 3 is 2.52 bits per heavy atom. The molecule has 1 unspecified atom stereocenters. The molecule has 3 aromatic rings. The molecule has 0 saturated carbocycles. The normalized spacial score (nSPS) is 11.9. The van der Waals surface area contributed by atoms with Crippen molar-refractivity contribution in [3.05, 3.63) is 72.3 Å². The van der Waals surface area contributed by atoms with Gasteiger partial charge in [0.15, 0.2) is 6.61 Å². The van der Waals surface area contributed by atoms with Crippen LogP contribution in [-0.4, -0.2) is 12.5 Å². The van der Waals surface area contributed by atoms with E-state index in [1.54, 1.807) is 0 Å². The van der Waals surface area contributed by atoms with E-state index < -0.39 is 0 Å². The van der Waals surface area contributed by atoms with Crippen LogP contribution in [0.3, 0.4) is 0 Å². The smallest absolute Gasteiger partial charge is 0.262 e. The van der Waals surface area contributed by atoms with Crippen LogP contribution in [0.5, 0.6) is 5.75 Å². The minimum Gasteiger partial charge on any atom is -0.483 e. The average molecular weight is 333 g/mol. The maximum Gasteiger partial charge on any atom is 0.262 e. The fourth-order valence-corrected chi connectivity index (χ4v) is 2.85. The van der Waals surface area contributed by atoms with Crippen molar-refractivity contribution in [3.8, 4) is 5.75 Å². The van der Waals surface area contributed by atoms with Crippen molar-refractivity contribution in [2.45, 2.75) is 26.2 Å². The van der Waals surface area contributed by atoms with Crippen molar-refractivity contribution >= 4 is 22.4 Å². The van der Waals surface area contributed by atoms with Crippen molar-refractivity contribution in [2.24, 2.45) is 0 Å². The first-order valence-electron chi connectivity index (χ1n) is 8.67. The summed E-state index contributed by atoms with van der Waals surface area (Å²) in [6, 6.07) is 21.9. The number of carbonyl (C=O) groups is 1. The molecule has 0 bridgehead atoms. The molecule has 3 heteroatoms. The monoisotopic (exact) mass is 333 g/mol. The van der Waals surface area contributed by atoms with Gasteiger partial charge in [-0.2, -0.15) is 0 Å². The van der Waals surface area contributed by atoms with Gasteiger partial charge in [-0.15, -0.1) is 0 Å². The molecule has 0 aromatic heterocycles. The van der Waals surface area contributed by atoms with Crippen molar-refractivity contribution in [2.75, 3.05) is 11.9 Å². The summed E-state index contributed by atoms with van der Waals surface area (Å²) < 4.78 is 5.77. The average Bonchev–Trinajstić information content (AvgIpc) is 2.66. The third-order valence-electron chi connectivity index (χ3n) is 4.45. The summed E-state index contributed by atoms with van der Waals surface area (Å²) in [6.45, 7) is 4.31. The molecule has 3 rings (SSSR count). The van der Waals surface area contributed by atoms with Gasteiger partial charge in [-0.05, 0) is 46.9 Å². The minimum atomic E-state index is -0.158. The zero-order valence-corrected chi connectivity index (χ0v) is 14.7. The largest absolute Gasteiger partial charge is 0.483 e. The Kier molecular flexibility index (Phi) is 5.34. The lowest BCUT2D eigenvalue weighted by Crippen LogP contribution is -2.20. The lowest BCUT2D eigenvalue weighted by molar-refractivity contribution is -0.118. The molecule has 0 spiro atoms. The van der Waals surface area contributed by atoms with Gasteiger partial charge in [0.2, 0.25) is 0 Å². The first-order valence-corrected chi connectivity index (χ1v) is 8.67. The van der Waals surface area contributed by atoms with Crippen LogP contribution in [0, 0.1) is 0 Å². The van der Waals surface area contributed by atoms with E-state index in [0.29, 0.717) is 5.92 Å². The van der Waals surface area contributed by atoms with E-state index in [1.165, 1.54) is 0 Å². The maximum atomic E-state index is 12.2. The number of benzene rings is 3. The van der Waals surface area contributed by atoms with Crippen LogP contribution in [-0.2, 0) is 4.79 Å². The SMILES string of the molecule is CCC(C)c1ccccc1OCC(=O)Nc1ccc2ccccc2c1. The topological polar surface area (TPSA) is 38.3 Å². The van der Waals surface area contributed by atoms with Crippen LogP contribution in [0.25, 0.3) is 10.8 Å². The van der Waals surface area contributed by atoms with Crippen LogP contribution >= 0.6 is 0 Å². The lowest BCUT2D eigenvalue weighted by Gasteiger charge is -2.15. The van der Waals surface area contributed by atoms with Gasteiger partial charge in [0.1, 0.15) is 5.75 Å². The van der Waals surface area contributed by atoms with Gasteiger partial charge >= 0.3 is 0 Å². The quantitative estimate of drug-likeness (QED) is 0.658. The molecule has 3 nitrogen and oxygen atoms in total. The van der Waals surface area contributed by atoms with Gasteiger partial charge in [0, 0.05) is 5.69 Å². The number of fused-ring (bicyclic) bond motifs is 1. The van der Waals surface area contributed by atoms with E-state index in [-0.39, 0.29) is 12.5 Å². The molecule has 0 fully saturated rings. The second kappa shape index (κ2) is 7.84. The van der Waals surface area contributed by atoms with Gasteiger partial charge in [-0.1, -0.05) is 62.4 Å². The van der Waals surface area contributed by atoms with Gasteiger partial charge in [-0.3, -0.25) is 4.79 Å². The highest BCUT2D eigenvalue weighted by atomic mass is 16.5. The molecular formula is C22H23NO2. The summed E-state index contributed by atoms with van der Waals surface area (Å²) in [4.78, 5) is 12.2. The van der Waals surface area contributed by atoms with Crippen LogP contribution < -0.4 is 10.1 Å². The van der Waals surface area contributed by atoms with Crippen molar-refractivity contribution in [1.29, 1.82) is 0 Å². The summed E-state index contributed by atoms with van der Waals surface area (Å²) in [6.07, 6.45) is 1.03. The number of para-hydroxylation sites is 1. The van der Waals surface area contributed by atoms with Gasteiger partial charge in [-0.25, -0.2) is 0 Å². The van der Waals surface area contributed by atoms with Crippen LogP contribution in [0.2, 0.25) is 0 Å². The molecule has 0 aliphatic rings. The van der Waals surface area contributed by atoms with Crippen molar-refractivity contribution in [3.63, 3.8) is 0 Å². The predicted molar refractivity (Wildman–Crippen MR) is 103 cm³/mol. The van der Waals surface area contributed by atoms with E-state index in [0.717, 1.165) is 34.2 Å². The number of hydrogen-bond acceptors (Lipinski definition) is 2. The molecule has 25 heavy (non-hydrogen) atoms. The van der Waals surface area contributed by atoms with E-state index in [1.807, 2.05) is 54.6 Å². The molecule has 1 amide bonds. The van der Waals surface area contributed by atoms with Crippen LogP contribution in [0.15, 0.2) is 66.7 Å². The number of hydrogen-bond donors (Lipinski definition) is 1. The van der Waals surface area contributed by atoms with Gasteiger partial charge < -0.3 is 10.1 Å². The van der Waals surface area contributed by atoms with Crippen LogP contribution in [0.1, 0.15) is 31.7 Å². The highest BCUT2D eigenvalue weighted by Gasteiger charge is 2.11. The van der Waals surface area contributed by atoms with Gasteiger partial charge in [0.25, 0.3) is 5.91 Å². The Morgan fingerprint density at radius 2 is 1.72 bits per heavy atom. The highest BCUT2D eigenvalue weighted by molar-refractivity contribution is 5.95. The molecule has 3 aromatic carbocycles. The molecule has 1 N–H and O–H groups in total. The molecule has 0 heterocycles. The number of carbonyl (C=O) groups excluding carboxylic acids is 1. The molecule has 0 radical (unpaired) electrons. The maximum absolute atomic E-state index is 12.2. The lowest BCUT2D eigenvalue weighted by atomic mass is 9.98. The Hall–Kier alpha value is -2.81. The highest BCUT2D eigenvalue weighted by Crippen LogP contribution is 2.28. The molecule has 0 aliphatic heterocycles. The summed E-state index contributed by atoms with van der Waals surface area (Å²) >= 11 is 0. The van der Waals surface area contributed by atoms with Crippen LogP contribution in [0.4, 0.5) is 5.69 Å². The first-order chi connectivity index (χ1) is 12.2. The molecule has 0 aliphatic carbocycles. The minimum absolute atomic E-state index is 0.000272. The zero-order valence-electron chi connectivity index (χ0n) is 14.7.